The van der Waals surface area contributed by atoms with Crippen LogP contribution in [0.3, 0.4) is 0 Å². The Balaban J connectivity index is 1.73. The van der Waals surface area contributed by atoms with Crippen molar-refractivity contribution >= 4 is 18.0 Å². The molecule has 8 nitrogen and oxygen atoms in total. The molecule has 1 fully saturated rings. The number of amides is 2. The summed E-state index contributed by atoms with van der Waals surface area (Å²) in [6.07, 6.45) is 3.23. The van der Waals surface area contributed by atoms with Gasteiger partial charge in [0.05, 0.1) is 0 Å². The van der Waals surface area contributed by atoms with Crippen molar-refractivity contribution in [2.45, 2.75) is 31.5 Å². The third kappa shape index (κ3) is 4.64. The van der Waals surface area contributed by atoms with Crippen LogP contribution in [0.15, 0.2) is 54.9 Å². The highest BCUT2D eigenvalue weighted by atomic mass is 16.5. The molecule has 2 N–H and O–H groups in total. The molecule has 1 aromatic heterocycles. The Morgan fingerprint density at radius 1 is 1.21 bits per heavy atom. The van der Waals surface area contributed by atoms with Crippen molar-refractivity contribution in [2.24, 2.45) is 0 Å². The third-order valence-corrected chi connectivity index (χ3v) is 4.56. The number of aromatic nitrogens is 1. The zero-order valence-electron chi connectivity index (χ0n) is 15.2. The number of benzene rings is 1. The minimum Gasteiger partial charge on any atom is -0.480 e. The number of likely N-dealkylation sites (tertiary alicyclic amines) is 1. The first-order valence-electron chi connectivity index (χ1n) is 8.96. The SMILES string of the molecule is O=C(NC(C(=O)N1CCC[C@H]1C(=O)O)c1cccnc1)OCc1ccccc1. The minimum atomic E-state index is -1.07. The summed E-state index contributed by atoms with van der Waals surface area (Å²) in [6.45, 7) is 0.384. The second-order valence-corrected chi connectivity index (χ2v) is 6.45. The fraction of sp³-hybridized carbons (Fsp3) is 0.300. The molecule has 146 valence electrons. The van der Waals surface area contributed by atoms with Crippen molar-refractivity contribution in [1.29, 1.82) is 0 Å². The van der Waals surface area contributed by atoms with Crippen LogP contribution in [0.1, 0.15) is 30.0 Å². The standard InChI is InChI=1S/C20H21N3O5/c24-18(23-11-5-9-16(23)19(25)26)17(15-8-4-10-21-12-15)22-20(27)28-13-14-6-2-1-3-7-14/h1-4,6-8,10,12,16-17H,5,9,11,13H2,(H,22,27)(H,25,26)/t16-,17?/m0/s1. The first-order valence-corrected chi connectivity index (χ1v) is 8.96. The number of carboxylic acids is 1. The first kappa shape index (κ1) is 19.3. The number of rotatable bonds is 6. The molecule has 0 spiro atoms. The number of carboxylic acid groups (broad SMARTS) is 1. The number of nitrogens with zero attached hydrogens (tertiary/aromatic N) is 2. The van der Waals surface area contributed by atoms with Gasteiger partial charge in [-0.2, -0.15) is 0 Å². The quantitative estimate of drug-likeness (QED) is 0.791. The number of pyridine rings is 1. The molecule has 28 heavy (non-hydrogen) atoms. The molecule has 0 radical (unpaired) electrons. The number of hydrogen-bond acceptors (Lipinski definition) is 5. The highest BCUT2D eigenvalue weighted by molar-refractivity contribution is 5.90. The van der Waals surface area contributed by atoms with Gasteiger partial charge in [-0.25, -0.2) is 9.59 Å². The molecular weight excluding hydrogens is 362 g/mol. The van der Waals surface area contributed by atoms with Crippen LogP contribution in [0.2, 0.25) is 0 Å². The molecule has 0 saturated carbocycles. The van der Waals surface area contributed by atoms with E-state index in [1.807, 2.05) is 30.3 Å². The highest BCUT2D eigenvalue weighted by Gasteiger charge is 2.38. The normalized spacial score (nSPS) is 17.0. The van der Waals surface area contributed by atoms with Crippen molar-refractivity contribution in [1.82, 2.24) is 15.2 Å². The summed E-state index contributed by atoms with van der Waals surface area (Å²) in [5.74, 6) is -1.54. The van der Waals surface area contributed by atoms with Crippen LogP contribution < -0.4 is 5.32 Å². The third-order valence-electron chi connectivity index (χ3n) is 4.56. The van der Waals surface area contributed by atoms with Gasteiger partial charge in [0, 0.05) is 24.5 Å². The Morgan fingerprint density at radius 2 is 2.00 bits per heavy atom. The number of nitrogens with one attached hydrogen (secondary N) is 1. The van der Waals surface area contributed by atoms with Crippen molar-refractivity contribution in [2.75, 3.05) is 6.54 Å². The average Bonchev–Trinajstić information content (AvgIpc) is 3.22. The maximum Gasteiger partial charge on any atom is 0.408 e. The van der Waals surface area contributed by atoms with E-state index in [1.54, 1.807) is 18.3 Å². The monoisotopic (exact) mass is 383 g/mol. The van der Waals surface area contributed by atoms with Crippen molar-refractivity contribution in [3.05, 3.63) is 66.0 Å². The van der Waals surface area contributed by atoms with Gasteiger partial charge in [0.15, 0.2) is 0 Å². The number of carbonyl (C=O) groups excluding carboxylic acids is 2. The Morgan fingerprint density at radius 3 is 2.68 bits per heavy atom. The predicted octanol–water partition coefficient (Wildman–Crippen LogP) is 2.12. The molecule has 0 bridgehead atoms. The predicted molar refractivity (Wildman–Crippen MR) is 99.1 cm³/mol. The van der Waals surface area contributed by atoms with Gasteiger partial charge < -0.3 is 20.1 Å². The van der Waals surface area contributed by atoms with Crippen LogP contribution in [-0.2, 0) is 20.9 Å². The van der Waals surface area contributed by atoms with Gasteiger partial charge >= 0.3 is 12.1 Å². The first-order chi connectivity index (χ1) is 13.6. The molecule has 2 atom stereocenters. The second kappa shape index (κ2) is 8.98. The Bertz CT molecular complexity index is 828. The van der Waals surface area contributed by atoms with Crippen LogP contribution in [0.4, 0.5) is 4.79 Å². The Hall–Kier alpha value is -3.42. The molecule has 8 heteroatoms. The molecule has 1 aliphatic heterocycles. The number of carbonyl (C=O) groups is 3. The van der Waals surface area contributed by atoms with Crippen LogP contribution >= 0.6 is 0 Å². The van der Waals surface area contributed by atoms with E-state index >= 15 is 0 Å². The molecule has 1 aromatic carbocycles. The highest BCUT2D eigenvalue weighted by Crippen LogP contribution is 2.23. The van der Waals surface area contributed by atoms with Gasteiger partial charge in [0.2, 0.25) is 0 Å². The summed E-state index contributed by atoms with van der Waals surface area (Å²) in [5.41, 5.74) is 1.27. The van der Waals surface area contributed by atoms with Gasteiger partial charge in [-0.1, -0.05) is 36.4 Å². The Kier molecular flexibility index (Phi) is 6.21. The van der Waals surface area contributed by atoms with E-state index < -0.39 is 30.1 Å². The van der Waals surface area contributed by atoms with Crippen molar-refractivity contribution in [3.63, 3.8) is 0 Å². The zero-order chi connectivity index (χ0) is 19.9. The number of aliphatic carboxylic acids is 1. The second-order valence-electron chi connectivity index (χ2n) is 6.45. The molecular formula is C20H21N3O5. The topological polar surface area (TPSA) is 109 Å². The molecule has 1 unspecified atom stereocenters. The zero-order valence-corrected chi connectivity index (χ0v) is 15.2. The van der Waals surface area contributed by atoms with Gasteiger partial charge in [-0.05, 0) is 24.5 Å². The van der Waals surface area contributed by atoms with Gasteiger partial charge in [-0.3, -0.25) is 9.78 Å². The van der Waals surface area contributed by atoms with Crippen LogP contribution in [-0.4, -0.2) is 45.5 Å². The molecule has 2 aromatic rings. The fourth-order valence-electron chi connectivity index (χ4n) is 3.17. The lowest BCUT2D eigenvalue weighted by atomic mass is 10.1. The summed E-state index contributed by atoms with van der Waals surface area (Å²) in [7, 11) is 0. The summed E-state index contributed by atoms with van der Waals surface area (Å²) in [6, 6.07) is 10.5. The minimum absolute atomic E-state index is 0.0576. The number of hydrogen-bond donors (Lipinski definition) is 2. The van der Waals surface area contributed by atoms with Crippen molar-refractivity contribution in [3.8, 4) is 0 Å². The van der Waals surface area contributed by atoms with E-state index in [9.17, 15) is 19.5 Å². The molecule has 2 heterocycles. The fourth-order valence-corrected chi connectivity index (χ4v) is 3.17. The summed E-state index contributed by atoms with van der Waals surface area (Å²) < 4.78 is 5.21. The van der Waals surface area contributed by atoms with E-state index in [-0.39, 0.29) is 6.61 Å². The van der Waals surface area contributed by atoms with Crippen LogP contribution in [0, 0.1) is 0 Å². The van der Waals surface area contributed by atoms with Crippen LogP contribution in [0.25, 0.3) is 0 Å². The van der Waals surface area contributed by atoms with E-state index in [2.05, 4.69) is 10.3 Å². The van der Waals surface area contributed by atoms with Gasteiger partial charge in [0.25, 0.3) is 5.91 Å². The molecule has 1 aliphatic rings. The van der Waals surface area contributed by atoms with Crippen molar-refractivity contribution < 1.29 is 24.2 Å². The van der Waals surface area contributed by atoms with Crippen LogP contribution in [0.5, 0.6) is 0 Å². The lowest BCUT2D eigenvalue weighted by molar-refractivity contribution is -0.149. The van der Waals surface area contributed by atoms with E-state index in [4.69, 9.17) is 4.74 Å². The molecule has 1 saturated heterocycles. The van der Waals surface area contributed by atoms with E-state index in [1.165, 1.54) is 11.1 Å². The largest absolute Gasteiger partial charge is 0.480 e. The average molecular weight is 383 g/mol. The van der Waals surface area contributed by atoms with Gasteiger partial charge in [-0.15, -0.1) is 0 Å². The maximum atomic E-state index is 13.0. The Labute approximate surface area is 162 Å². The summed E-state index contributed by atoms with van der Waals surface area (Å²) in [5, 5.41) is 11.9. The summed E-state index contributed by atoms with van der Waals surface area (Å²) in [4.78, 5) is 42.0. The van der Waals surface area contributed by atoms with E-state index in [0.29, 0.717) is 24.9 Å². The molecule has 0 aliphatic carbocycles. The summed E-state index contributed by atoms with van der Waals surface area (Å²) >= 11 is 0. The lowest BCUT2D eigenvalue weighted by Gasteiger charge is -2.27. The number of ether oxygens (including phenoxy) is 1. The molecule has 2 amide bonds. The van der Waals surface area contributed by atoms with Gasteiger partial charge in [0.1, 0.15) is 18.7 Å². The number of alkyl carbamates (subject to hydrolysis) is 1. The molecule has 3 rings (SSSR count). The maximum absolute atomic E-state index is 13.0. The van der Waals surface area contributed by atoms with E-state index in [0.717, 1.165) is 5.56 Å². The smallest absolute Gasteiger partial charge is 0.408 e. The lowest BCUT2D eigenvalue weighted by Crippen LogP contribution is -2.47.